The predicted molar refractivity (Wildman–Crippen MR) is 66.4 cm³/mol. The van der Waals surface area contributed by atoms with Gasteiger partial charge in [0.05, 0.1) is 6.10 Å². The largest absolute Gasteiger partial charge is 0.388 e. The van der Waals surface area contributed by atoms with Gasteiger partial charge in [0.1, 0.15) is 11.6 Å². The standard InChI is InChI=1S/C15H12F4O/c16-12-5-2-6-13(17)11(12)8-14(20)9-3-1-4-10(7-9)15(18)19/h1-7,14-15,20H,8H2. The molecular formula is C15H12F4O. The molecular weight excluding hydrogens is 272 g/mol. The topological polar surface area (TPSA) is 20.2 Å². The van der Waals surface area contributed by atoms with Gasteiger partial charge < -0.3 is 5.11 Å². The van der Waals surface area contributed by atoms with Crippen LogP contribution in [0.2, 0.25) is 0 Å². The minimum Gasteiger partial charge on any atom is -0.388 e. The van der Waals surface area contributed by atoms with Gasteiger partial charge in [0.15, 0.2) is 0 Å². The van der Waals surface area contributed by atoms with Gasteiger partial charge in [0.25, 0.3) is 6.43 Å². The molecule has 20 heavy (non-hydrogen) atoms. The molecule has 2 aromatic carbocycles. The number of hydrogen-bond acceptors (Lipinski definition) is 1. The highest BCUT2D eigenvalue weighted by molar-refractivity contribution is 5.28. The summed E-state index contributed by atoms with van der Waals surface area (Å²) in [5.74, 6) is -1.54. The minimum atomic E-state index is -2.66. The zero-order valence-corrected chi connectivity index (χ0v) is 10.4. The molecule has 0 bridgehead atoms. The lowest BCUT2D eigenvalue weighted by atomic mass is 9.99. The fraction of sp³-hybridized carbons (Fsp3) is 0.200. The van der Waals surface area contributed by atoms with Gasteiger partial charge in [-0.05, 0) is 23.8 Å². The molecule has 1 atom stereocenters. The smallest absolute Gasteiger partial charge is 0.263 e. The maximum absolute atomic E-state index is 13.5. The van der Waals surface area contributed by atoms with Crippen LogP contribution in [-0.4, -0.2) is 5.11 Å². The van der Waals surface area contributed by atoms with Crippen molar-refractivity contribution < 1.29 is 22.7 Å². The van der Waals surface area contributed by atoms with Crippen molar-refractivity contribution in [2.24, 2.45) is 0 Å². The van der Waals surface area contributed by atoms with Crippen molar-refractivity contribution in [2.45, 2.75) is 19.0 Å². The van der Waals surface area contributed by atoms with Crippen LogP contribution in [0.15, 0.2) is 42.5 Å². The van der Waals surface area contributed by atoms with Gasteiger partial charge in [-0.25, -0.2) is 17.6 Å². The van der Waals surface area contributed by atoms with Gasteiger partial charge in [0, 0.05) is 17.5 Å². The highest BCUT2D eigenvalue weighted by Gasteiger charge is 2.17. The summed E-state index contributed by atoms with van der Waals surface area (Å²) in [7, 11) is 0. The maximum Gasteiger partial charge on any atom is 0.263 e. The van der Waals surface area contributed by atoms with Crippen LogP contribution in [0.5, 0.6) is 0 Å². The van der Waals surface area contributed by atoms with E-state index in [2.05, 4.69) is 0 Å². The van der Waals surface area contributed by atoms with Crippen molar-refractivity contribution in [3.8, 4) is 0 Å². The van der Waals surface area contributed by atoms with Gasteiger partial charge in [-0.1, -0.05) is 24.3 Å². The molecule has 0 aromatic heterocycles. The zero-order valence-electron chi connectivity index (χ0n) is 10.4. The minimum absolute atomic E-state index is 0.199. The van der Waals surface area contributed by atoms with Crippen molar-refractivity contribution in [3.63, 3.8) is 0 Å². The molecule has 0 saturated heterocycles. The van der Waals surface area contributed by atoms with Crippen LogP contribution >= 0.6 is 0 Å². The van der Waals surface area contributed by atoms with E-state index in [4.69, 9.17) is 0 Å². The fourth-order valence-corrected chi connectivity index (χ4v) is 1.94. The predicted octanol–water partition coefficient (Wildman–Crippen LogP) is 4.18. The van der Waals surface area contributed by atoms with Crippen molar-refractivity contribution in [2.75, 3.05) is 0 Å². The Morgan fingerprint density at radius 3 is 2.05 bits per heavy atom. The lowest BCUT2D eigenvalue weighted by molar-refractivity contribution is 0.149. The highest BCUT2D eigenvalue weighted by atomic mass is 19.3. The Kier molecular flexibility index (Phi) is 4.39. The molecule has 1 N–H and O–H groups in total. The van der Waals surface area contributed by atoms with Crippen LogP contribution < -0.4 is 0 Å². The van der Waals surface area contributed by atoms with E-state index in [0.717, 1.165) is 18.2 Å². The lowest BCUT2D eigenvalue weighted by Crippen LogP contribution is -2.06. The first kappa shape index (κ1) is 14.5. The first-order valence-corrected chi connectivity index (χ1v) is 5.98. The van der Waals surface area contributed by atoms with Gasteiger partial charge in [-0.2, -0.15) is 0 Å². The van der Waals surface area contributed by atoms with E-state index in [-0.39, 0.29) is 23.1 Å². The zero-order chi connectivity index (χ0) is 14.7. The summed E-state index contributed by atoms with van der Waals surface area (Å²) in [4.78, 5) is 0. The molecule has 0 spiro atoms. The third kappa shape index (κ3) is 3.17. The molecule has 0 radical (unpaired) electrons. The SMILES string of the molecule is OC(Cc1c(F)cccc1F)c1cccc(C(F)F)c1. The Hall–Kier alpha value is -1.88. The molecule has 0 heterocycles. The summed E-state index contributed by atoms with van der Waals surface area (Å²) in [5, 5.41) is 9.95. The summed E-state index contributed by atoms with van der Waals surface area (Å²) >= 11 is 0. The Labute approximate surface area is 113 Å². The molecule has 106 valence electrons. The Bertz CT molecular complexity index is 578. The van der Waals surface area contributed by atoms with Gasteiger partial charge >= 0.3 is 0 Å². The summed E-state index contributed by atoms with van der Waals surface area (Å²) in [5.41, 5.74) is -0.302. The average Bonchev–Trinajstić information content (AvgIpc) is 2.43. The highest BCUT2D eigenvalue weighted by Crippen LogP contribution is 2.26. The normalized spacial score (nSPS) is 12.7. The molecule has 0 fully saturated rings. The fourth-order valence-electron chi connectivity index (χ4n) is 1.94. The lowest BCUT2D eigenvalue weighted by Gasteiger charge is -2.13. The van der Waals surface area contributed by atoms with Crippen LogP contribution in [-0.2, 0) is 6.42 Å². The first-order valence-electron chi connectivity index (χ1n) is 5.98. The number of aliphatic hydroxyl groups excluding tert-OH is 1. The van der Waals surface area contributed by atoms with E-state index in [1.165, 1.54) is 24.3 Å². The number of hydrogen-bond donors (Lipinski definition) is 1. The first-order chi connectivity index (χ1) is 9.49. The average molecular weight is 284 g/mol. The number of aliphatic hydroxyl groups is 1. The van der Waals surface area contributed by atoms with Crippen molar-refractivity contribution in [1.29, 1.82) is 0 Å². The van der Waals surface area contributed by atoms with Crippen LogP contribution in [0.1, 0.15) is 29.2 Å². The molecule has 0 aliphatic heterocycles. The summed E-state index contributed by atoms with van der Waals surface area (Å²) in [6, 6.07) is 8.56. The Balaban J connectivity index is 2.24. The van der Waals surface area contributed by atoms with Crippen molar-refractivity contribution >= 4 is 0 Å². The van der Waals surface area contributed by atoms with Gasteiger partial charge in [-0.3, -0.25) is 0 Å². The van der Waals surface area contributed by atoms with Gasteiger partial charge in [0.2, 0.25) is 0 Å². The van der Waals surface area contributed by atoms with E-state index in [1.807, 2.05) is 0 Å². The van der Waals surface area contributed by atoms with Crippen molar-refractivity contribution in [1.82, 2.24) is 0 Å². The second-order valence-corrected chi connectivity index (χ2v) is 4.39. The number of rotatable bonds is 4. The van der Waals surface area contributed by atoms with E-state index in [0.29, 0.717) is 0 Å². The molecule has 2 rings (SSSR count). The monoisotopic (exact) mass is 284 g/mol. The molecule has 0 saturated carbocycles. The second kappa shape index (κ2) is 6.05. The van der Waals surface area contributed by atoms with Crippen LogP contribution in [0.25, 0.3) is 0 Å². The second-order valence-electron chi connectivity index (χ2n) is 4.39. The van der Waals surface area contributed by atoms with E-state index >= 15 is 0 Å². The van der Waals surface area contributed by atoms with E-state index in [9.17, 15) is 22.7 Å². The Morgan fingerprint density at radius 2 is 1.45 bits per heavy atom. The van der Waals surface area contributed by atoms with Crippen LogP contribution in [0.4, 0.5) is 17.6 Å². The quantitative estimate of drug-likeness (QED) is 0.835. The summed E-state index contributed by atoms with van der Waals surface area (Å²) < 4.78 is 52.1. The molecule has 5 heteroatoms. The molecule has 1 unspecified atom stereocenters. The third-order valence-corrected chi connectivity index (χ3v) is 3.01. The van der Waals surface area contributed by atoms with Crippen LogP contribution in [0, 0.1) is 11.6 Å². The molecule has 0 amide bonds. The van der Waals surface area contributed by atoms with Crippen LogP contribution in [0.3, 0.4) is 0 Å². The maximum atomic E-state index is 13.5. The van der Waals surface area contributed by atoms with Crippen molar-refractivity contribution in [3.05, 3.63) is 70.8 Å². The molecule has 1 nitrogen and oxygen atoms in total. The van der Waals surface area contributed by atoms with E-state index < -0.39 is 24.2 Å². The number of halogens is 4. The van der Waals surface area contributed by atoms with Gasteiger partial charge in [-0.15, -0.1) is 0 Å². The van der Waals surface area contributed by atoms with E-state index in [1.54, 1.807) is 0 Å². The number of benzene rings is 2. The number of alkyl halides is 2. The molecule has 0 aliphatic carbocycles. The Morgan fingerprint density at radius 1 is 0.900 bits per heavy atom. The molecule has 2 aromatic rings. The third-order valence-electron chi connectivity index (χ3n) is 3.01. The summed E-state index contributed by atoms with van der Waals surface area (Å²) in [6.45, 7) is 0. The summed E-state index contributed by atoms with van der Waals surface area (Å²) in [6.07, 6.45) is -4.22. The molecule has 0 aliphatic rings.